The third-order valence-electron chi connectivity index (χ3n) is 3.97. The summed E-state index contributed by atoms with van der Waals surface area (Å²) in [4.78, 5) is 26.2. The van der Waals surface area contributed by atoms with Crippen molar-refractivity contribution in [2.45, 2.75) is 19.0 Å². The fourth-order valence-electron chi connectivity index (χ4n) is 2.63. The number of halogens is 2. The van der Waals surface area contributed by atoms with E-state index in [2.05, 4.69) is 5.32 Å². The summed E-state index contributed by atoms with van der Waals surface area (Å²) in [7, 11) is 0. The van der Waals surface area contributed by atoms with E-state index < -0.39 is 11.6 Å². The van der Waals surface area contributed by atoms with Gasteiger partial charge in [0.15, 0.2) is 0 Å². The molecule has 1 heterocycles. The molecule has 0 bridgehead atoms. The number of urea groups is 1. The van der Waals surface area contributed by atoms with Crippen molar-refractivity contribution in [2.75, 3.05) is 0 Å². The first-order chi connectivity index (χ1) is 10.9. The van der Waals surface area contributed by atoms with Gasteiger partial charge in [0.1, 0.15) is 5.54 Å². The number of amides is 3. The molecule has 1 saturated heterocycles. The van der Waals surface area contributed by atoms with Crippen LogP contribution in [0.3, 0.4) is 0 Å². The van der Waals surface area contributed by atoms with E-state index in [1.54, 1.807) is 25.1 Å². The average molecular weight is 349 g/mol. The Kier molecular flexibility index (Phi) is 4.04. The van der Waals surface area contributed by atoms with Gasteiger partial charge in [-0.2, -0.15) is 0 Å². The van der Waals surface area contributed by atoms with E-state index in [0.717, 1.165) is 5.56 Å². The normalized spacial score (nSPS) is 20.7. The molecule has 0 aliphatic carbocycles. The quantitative estimate of drug-likeness (QED) is 0.853. The molecule has 1 unspecified atom stereocenters. The topological polar surface area (TPSA) is 49.4 Å². The lowest BCUT2D eigenvalue weighted by Crippen LogP contribution is -2.40. The second-order valence-electron chi connectivity index (χ2n) is 5.55. The van der Waals surface area contributed by atoms with Crippen LogP contribution in [0.4, 0.5) is 4.79 Å². The zero-order valence-corrected chi connectivity index (χ0v) is 13.9. The Morgan fingerprint density at radius 2 is 1.78 bits per heavy atom. The molecule has 3 rings (SSSR count). The van der Waals surface area contributed by atoms with Gasteiger partial charge in [0.2, 0.25) is 0 Å². The van der Waals surface area contributed by atoms with Crippen molar-refractivity contribution in [2.24, 2.45) is 0 Å². The molecule has 0 saturated carbocycles. The third kappa shape index (κ3) is 2.80. The Balaban J connectivity index is 1.90. The molecule has 2 aromatic carbocycles. The van der Waals surface area contributed by atoms with Crippen LogP contribution in [-0.2, 0) is 16.9 Å². The first kappa shape index (κ1) is 15.8. The summed E-state index contributed by atoms with van der Waals surface area (Å²) in [6, 6.07) is 13.7. The maximum Gasteiger partial charge on any atom is 0.325 e. The zero-order valence-electron chi connectivity index (χ0n) is 12.3. The molecule has 1 atom stereocenters. The molecule has 2 aromatic rings. The van der Waals surface area contributed by atoms with E-state index >= 15 is 0 Å². The number of nitrogens with one attached hydrogen (secondary N) is 1. The fraction of sp³-hybridized carbons (Fsp3) is 0.176. The largest absolute Gasteiger partial charge is 0.325 e. The van der Waals surface area contributed by atoms with E-state index in [1.807, 2.05) is 30.3 Å². The summed E-state index contributed by atoms with van der Waals surface area (Å²) < 4.78 is 0. The molecule has 118 valence electrons. The summed E-state index contributed by atoms with van der Waals surface area (Å²) in [5, 5.41) is 3.69. The van der Waals surface area contributed by atoms with Crippen molar-refractivity contribution in [3.63, 3.8) is 0 Å². The molecule has 6 heteroatoms. The number of carbonyl (C=O) groups excluding carboxylic acids is 2. The molecular formula is C17H14Cl2N2O2. The van der Waals surface area contributed by atoms with Gasteiger partial charge in [-0.3, -0.25) is 9.69 Å². The highest BCUT2D eigenvalue weighted by atomic mass is 35.5. The Labute approximate surface area is 144 Å². The Hall–Kier alpha value is -2.04. The second-order valence-corrected chi connectivity index (χ2v) is 6.39. The summed E-state index contributed by atoms with van der Waals surface area (Å²) >= 11 is 12.0. The minimum atomic E-state index is -1.07. The lowest BCUT2D eigenvalue weighted by molar-refractivity contribution is -0.131. The van der Waals surface area contributed by atoms with Gasteiger partial charge < -0.3 is 5.32 Å². The zero-order chi connectivity index (χ0) is 16.6. The fourth-order valence-corrected chi connectivity index (χ4v) is 3.10. The van der Waals surface area contributed by atoms with E-state index in [9.17, 15) is 9.59 Å². The lowest BCUT2D eigenvalue weighted by atomic mass is 9.92. The number of imide groups is 1. The van der Waals surface area contributed by atoms with Crippen LogP contribution in [0.15, 0.2) is 48.5 Å². The van der Waals surface area contributed by atoms with Crippen LogP contribution in [0.2, 0.25) is 10.0 Å². The van der Waals surface area contributed by atoms with Crippen LogP contribution in [-0.4, -0.2) is 16.8 Å². The number of hydrogen-bond donors (Lipinski definition) is 1. The van der Waals surface area contributed by atoms with Gasteiger partial charge >= 0.3 is 6.03 Å². The second kappa shape index (κ2) is 5.87. The molecule has 0 aromatic heterocycles. The van der Waals surface area contributed by atoms with E-state index in [0.29, 0.717) is 15.6 Å². The number of benzene rings is 2. The number of nitrogens with zero attached hydrogens (tertiary/aromatic N) is 1. The highest BCUT2D eigenvalue weighted by molar-refractivity contribution is 6.35. The molecule has 23 heavy (non-hydrogen) atoms. The Morgan fingerprint density at radius 3 is 2.43 bits per heavy atom. The van der Waals surface area contributed by atoms with Crippen molar-refractivity contribution in [3.8, 4) is 0 Å². The molecule has 0 radical (unpaired) electrons. The van der Waals surface area contributed by atoms with Crippen molar-refractivity contribution < 1.29 is 9.59 Å². The van der Waals surface area contributed by atoms with Gasteiger partial charge in [0, 0.05) is 10.0 Å². The van der Waals surface area contributed by atoms with Gasteiger partial charge in [0.05, 0.1) is 6.54 Å². The predicted molar refractivity (Wildman–Crippen MR) is 89.3 cm³/mol. The summed E-state index contributed by atoms with van der Waals surface area (Å²) in [6.45, 7) is 1.80. The predicted octanol–water partition coefficient (Wildman–Crippen LogP) is 3.96. The number of hydrogen-bond acceptors (Lipinski definition) is 2. The van der Waals surface area contributed by atoms with Gasteiger partial charge in [-0.05, 0) is 30.2 Å². The van der Waals surface area contributed by atoms with Gasteiger partial charge in [-0.25, -0.2) is 4.79 Å². The third-order valence-corrected chi connectivity index (χ3v) is 4.56. The molecule has 3 amide bonds. The Morgan fingerprint density at radius 1 is 1.09 bits per heavy atom. The SMILES string of the molecule is CC1(c2ccccc2)NC(=O)N(Cc2ccc(Cl)cc2Cl)C1=O. The highest BCUT2D eigenvalue weighted by Gasteiger charge is 2.48. The molecule has 0 spiro atoms. The monoisotopic (exact) mass is 348 g/mol. The molecule has 1 aliphatic rings. The number of rotatable bonds is 3. The minimum absolute atomic E-state index is 0.100. The van der Waals surface area contributed by atoms with Crippen molar-refractivity contribution in [1.82, 2.24) is 10.2 Å². The van der Waals surface area contributed by atoms with Crippen LogP contribution in [0.1, 0.15) is 18.1 Å². The van der Waals surface area contributed by atoms with Crippen molar-refractivity contribution in [3.05, 3.63) is 69.7 Å². The van der Waals surface area contributed by atoms with Crippen molar-refractivity contribution >= 4 is 35.1 Å². The van der Waals surface area contributed by atoms with Gasteiger partial charge in [-0.15, -0.1) is 0 Å². The van der Waals surface area contributed by atoms with Crippen molar-refractivity contribution in [1.29, 1.82) is 0 Å². The van der Waals surface area contributed by atoms with Crippen LogP contribution in [0, 0.1) is 0 Å². The summed E-state index contributed by atoms with van der Waals surface area (Å²) in [5.74, 6) is -0.306. The van der Waals surface area contributed by atoms with Crippen LogP contribution in [0.25, 0.3) is 0 Å². The average Bonchev–Trinajstić information content (AvgIpc) is 2.75. The van der Waals surface area contributed by atoms with Gasteiger partial charge in [0.25, 0.3) is 5.91 Å². The highest BCUT2D eigenvalue weighted by Crippen LogP contribution is 2.31. The molecular weight excluding hydrogens is 335 g/mol. The maximum absolute atomic E-state index is 12.8. The molecule has 1 fully saturated rings. The summed E-state index contributed by atoms with van der Waals surface area (Å²) in [5.41, 5.74) is 0.331. The van der Waals surface area contributed by atoms with Crippen LogP contribution >= 0.6 is 23.2 Å². The lowest BCUT2D eigenvalue weighted by Gasteiger charge is -2.22. The van der Waals surface area contributed by atoms with E-state index in [-0.39, 0.29) is 12.5 Å². The smallest absolute Gasteiger partial charge is 0.319 e. The van der Waals surface area contributed by atoms with E-state index in [1.165, 1.54) is 4.90 Å². The van der Waals surface area contributed by atoms with Crippen LogP contribution < -0.4 is 5.32 Å². The Bertz CT molecular complexity index is 779. The van der Waals surface area contributed by atoms with E-state index in [4.69, 9.17) is 23.2 Å². The molecule has 4 nitrogen and oxygen atoms in total. The van der Waals surface area contributed by atoms with Crippen LogP contribution in [0.5, 0.6) is 0 Å². The molecule has 1 N–H and O–H groups in total. The summed E-state index contributed by atoms with van der Waals surface area (Å²) in [6.07, 6.45) is 0. The first-order valence-corrected chi connectivity index (χ1v) is 7.81. The molecule has 1 aliphatic heterocycles. The number of carbonyl (C=O) groups is 2. The minimum Gasteiger partial charge on any atom is -0.319 e. The van der Waals surface area contributed by atoms with Gasteiger partial charge in [-0.1, -0.05) is 59.6 Å². The maximum atomic E-state index is 12.8. The standard InChI is InChI=1S/C17H14Cl2N2O2/c1-17(12-5-3-2-4-6-12)15(22)21(16(23)20-17)10-11-7-8-13(18)9-14(11)19/h2-9H,10H2,1H3,(H,20,23). The first-order valence-electron chi connectivity index (χ1n) is 7.05.